The summed E-state index contributed by atoms with van der Waals surface area (Å²) in [6, 6.07) is 0. The lowest BCUT2D eigenvalue weighted by molar-refractivity contribution is -0.339. The van der Waals surface area contributed by atoms with E-state index < -0.39 is 18.3 Å². The molecule has 0 saturated carbocycles. The fraction of sp³-hybridized carbons (Fsp3) is 0.750. The van der Waals surface area contributed by atoms with Gasteiger partial charge in [-0.1, -0.05) is 0 Å². The van der Waals surface area contributed by atoms with Gasteiger partial charge in [0, 0.05) is 6.92 Å². The Hall–Kier alpha value is -0.950. The molecule has 0 atom stereocenters. The lowest BCUT2D eigenvalue weighted by Gasteiger charge is -2.08. The van der Waals surface area contributed by atoms with Gasteiger partial charge in [0.2, 0.25) is 0 Å². The van der Waals surface area contributed by atoms with Crippen LogP contribution in [0, 0.1) is 0 Å². The molecule has 0 saturated heterocycles. The molecule has 0 spiro atoms. The van der Waals surface area contributed by atoms with Crippen LogP contribution in [0.2, 0.25) is 0 Å². The standard InChI is InChI=1S/C2F6.C2H4O2/c3-1(4,5)2(6,7)8;1-2(3)4/h;1H3,(H,3,4). The molecular formula is C4H4F6O2. The number of carboxylic acids is 1. The van der Waals surface area contributed by atoms with Gasteiger partial charge in [-0.2, -0.15) is 26.3 Å². The zero-order chi connectivity index (χ0) is 10.6. The maximum atomic E-state index is 10.4. The van der Waals surface area contributed by atoms with Crippen LogP contribution in [0.4, 0.5) is 26.3 Å². The first-order chi connectivity index (χ1) is 4.98. The van der Waals surface area contributed by atoms with Crippen LogP contribution in [0.15, 0.2) is 0 Å². The number of aliphatic carboxylic acids is 1. The third-order valence-electron chi connectivity index (χ3n) is 0.321. The molecule has 0 bridgehead atoms. The minimum Gasteiger partial charge on any atom is -0.481 e. The molecule has 0 amide bonds. The first-order valence-corrected chi connectivity index (χ1v) is 2.31. The summed E-state index contributed by atoms with van der Waals surface area (Å²) in [4.78, 5) is 9.00. The Morgan fingerprint density at radius 3 is 1.08 bits per heavy atom. The predicted octanol–water partition coefficient (Wildman–Crippen LogP) is 2.20. The summed E-state index contributed by atoms with van der Waals surface area (Å²) in [7, 11) is 0. The second-order valence-corrected chi connectivity index (χ2v) is 1.51. The lowest BCUT2D eigenvalue weighted by Crippen LogP contribution is -2.30. The number of halogens is 6. The molecular weight excluding hydrogens is 194 g/mol. The number of hydrogen-bond acceptors (Lipinski definition) is 1. The summed E-state index contributed by atoms with van der Waals surface area (Å²) in [5.74, 6) is -0.833. The van der Waals surface area contributed by atoms with Gasteiger partial charge >= 0.3 is 12.4 Å². The number of hydrogen-bond donors (Lipinski definition) is 1. The van der Waals surface area contributed by atoms with Crippen LogP contribution in [0.25, 0.3) is 0 Å². The van der Waals surface area contributed by atoms with E-state index in [9.17, 15) is 26.3 Å². The number of rotatable bonds is 0. The van der Waals surface area contributed by atoms with Crippen LogP contribution in [-0.2, 0) is 4.79 Å². The minimum absolute atomic E-state index is 0.833. The highest BCUT2D eigenvalue weighted by molar-refractivity contribution is 5.62. The van der Waals surface area contributed by atoms with E-state index in [-0.39, 0.29) is 0 Å². The molecule has 0 aliphatic rings. The molecule has 74 valence electrons. The normalized spacial score (nSPS) is 11.6. The fourth-order valence-electron chi connectivity index (χ4n) is 0. The van der Waals surface area contributed by atoms with Crippen molar-refractivity contribution >= 4 is 5.97 Å². The molecule has 0 rings (SSSR count). The maximum absolute atomic E-state index is 10.4. The predicted molar refractivity (Wildman–Crippen MR) is 25.4 cm³/mol. The van der Waals surface area contributed by atoms with Crippen molar-refractivity contribution in [1.29, 1.82) is 0 Å². The zero-order valence-electron chi connectivity index (χ0n) is 5.62. The molecule has 0 aromatic carbocycles. The highest BCUT2D eigenvalue weighted by atomic mass is 19.5. The molecule has 0 unspecified atom stereocenters. The second kappa shape index (κ2) is 4.17. The highest BCUT2D eigenvalue weighted by Crippen LogP contribution is 2.35. The molecule has 0 aliphatic heterocycles. The average molecular weight is 198 g/mol. The van der Waals surface area contributed by atoms with Crippen LogP contribution < -0.4 is 0 Å². The molecule has 0 aromatic heterocycles. The quantitative estimate of drug-likeness (QED) is 0.605. The summed E-state index contributed by atoms with van der Waals surface area (Å²) in [5.41, 5.74) is 0. The maximum Gasteiger partial charge on any atom is 0.487 e. The monoisotopic (exact) mass is 198 g/mol. The smallest absolute Gasteiger partial charge is 0.481 e. The number of alkyl halides is 6. The Kier molecular flexibility index (Phi) is 4.74. The van der Waals surface area contributed by atoms with Gasteiger partial charge in [-0.3, -0.25) is 4.79 Å². The molecule has 8 heteroatoms. The minimum atomic E-state index is -6.06. The van der Waals surface area contributed by atoms with Crippen molar-refractivity contribution in [3.63, 3.8) is 0 Å². The largest absolute Gasteiger partial charge is 0.487 e. The van der Waals surface area contributed by atoms with Crippen LogP contribution >= 0.6 is 0 Å². The van der Waals surface area contributed by atoms with E-state index in [1.165, 1.54) is 0 Å². The van der Waals surface area contributed by atoms with E-state index in [1.54, 1.807) is 0 Å². The van der Waals surface area contributed by atoms with Gasteiger partial charge in [0.1, 0.15) is 0 Å². The van der Waals surface area contributed by atoms with Gasteiger partial charge in [0.05, 0.1) is 0 Å². The topological polar surface area (TPSA) is 37.3 Å². The van der Waals surface area contributed by atoms with Gasteiger partial charge in [0.15, 0.2) is 0 Å². The van der Waals surface area contributed by atoms with Gasteiger partial charge in [0.25, 0.3) is 5.97 Å². The Morgan fingerprint density at radius 1 is 1.00 bits per heavy atom. The van der Waals surface area contributed by atoms with Crippen molar-refractivity contribution in [1.82, 2.24) is 0 Å². The lowest BCUT2D eigenvalue weighted by atomic mass is 10.7. The Morgan fingerprint density at radius 2 is 1.08 bits per heavy atom. The summed E-state index contributed by atoms with van der Waals surface area (Å²) in [5, 5.41) is 7.42. The SMILES string of the molecule is CC(=O)O.FC(F)(F)C(F)(F)F. The zero-order valence-corrected chi connectivity index (χ0v) is 5.62. The molecule has 2 nitrogen and oxygen atoms in total. The van der Waals surface area contributed by atoms with E-state index in [4.69, 9.17) is 9.90 Å². The second-order valence-electron chi connectivity index (χ2n) is 1.51. The van der Waals surface area contributed by atoms with Crippen LogP contribution in [0.1, 0.15) is 6.92 Å². The Labute approximate surface area is 62.8 Å². The summed E-state index contributed by atoms with van der Waals surface area (Å²) in [6.45, 7) is 1.08. The number of carbonyl (C=O) groups is 1. The van der Waals surface area contributed by atoms with Crippen molar-refractivity contribution in [3.05, 3.63) is 0 Å². The molecule has 0 fully saturated rings. The third kappa shape index (κ3) is 9.05. The molecule has 0 aliphatic carbocycles. The van der Waals surface area contributed by atoms with E-state index in [0.717, 1.165) is 6.92 Å². The van der Waals surface area contributed by atoms with E-state index in [0.29, 0.717) is 0 Å². The van der Waals surface area contributed by atoms with Crippen molar-refractivity contribution in [2.45, 2.75) is 19.3 Å². The third-order valence-corrected chi connectivity index (χ3v) is 0.321. The van der Waals surface area contributed by atoms with Crippen molar-refractivity contribution < 1.29 is 36.2 Å². The van der Waals surface area contributed by atoms with Gasteiger partial charge in [-0.05, 0) is 0 Å². The molecule has 12 heavy (non-hydrogen) atoms. The summed E-state index contributed by atoms with van der Waals surface area (Å²) >= 11 is 0. The Balaban J connectivity index is 0. The molecule has 0 aromatic rings. The van der Waals surface area contributed by atoms with Crippen molar-refractivity contribution in [3.8, 4) is 0 Å². The van der Waals surface area contributed by atoms with Crippen molar-refractivity contribution in [2.24, 2.45) is 0 Å². The molecule has 1 N–H and O–H groups in total. The Bertz CT molecular complexity index is 129. The van der Waals surface area contributed by atoms with Gasteiger partial charge in [-0.25, -0.2) is 0 Å². The molecule has 0 radical (unpaired) electrons. The fourth-order valence-corrected chi connectivity index (χ4v) is 0. The average Bonchev–Trinajstić information content (AvgIpc) is 1.55. The van der Waals surface area contributed by atoms with Gasteiger partial charge in [-0.15, -0.1) is 0 Å². The van der Waals surface area contributed by atoms with E-state index in [2.05, 4.69) is 0 Å². The first-order valence-electron chi connectivity index (χ1n) is 2.31. The van der Waals surface area contributed by atoms with E-state index >= 15 is 0 Å². The summed E-state index contributed by atoms with van der Waals surface area (Å²) in [6.07, 6.45) is -12.1. The summed E-state index contributed by atoms with van der Waals surface area (Å²) < 4.78 is 62.6. The van der Waals surface area contributed by atoms with Crippen LogP contribution in [-0.4, -0.2) is 23.4 Å². The van der Waals surface area contributed by atoms with E-state index in [1.807, 2.05) is 0 Å². The van der Waals surface area contributed by atoms with Crippen molar-refractivity contribution in [2.75, 3.05) is 0 Å². The van der Waals surface area contributed by atoms with Crippen LogP contribution in [0.5, 0.6) is 0 Å². The number of carboxylic acid groups (broad SMARTS) is 1. The van der Waals surface area contributed by atoms with Crippen LogP contribution in [0.3, 0.4) is 0 Å². The first kappa shape index (κ1) is 13.6. The van der Waals surface area contributed by atoms with Gasteiger partial charge < -0.3 is 5.11 Å². The highest BCUT2D eigenvalue weighted by Gasteiger charge is 2.58. The molecule has 0 heterocycles.